The Morgan fingerprint density at radius 3 is 2.29 bits per heavy atom. The molecule has 0 aliphatic heterocycles. The quantitative estimate of drug-likeness (QED) is 0.911. The van der Waals surface area contributed by atoms with Crippen LogP contribution in [0.3, 0.4) is 0 Å². The van der Waals surface area contributed by atoms with Crippen molar-refractivity contribution in [1.29, 1.82) is 0 Å². The van der Waals surface area contributed by atoms with Crippen molar-refractivity contribution >= 4 is 5.82 Å². The number of imidazole rings is 1. The van der Waals surface area contributed by atoms with Gasteiger partial charge in [0.2, 0.25) is 0 Å². The average molecular weight is 283 g/mol. The number of hydrogen-bond donors (Lipinski definition) is 1. The molecule has 0 bridgehead atoms. The molecule has 1 aromatic heterocycles. The molecule has 21 heavy (non-hydrogen) atoms. The van der Waals surface area contributed by atoms with Crippen molar-refractivity contribution in [2.45, 2.75) is 58.4 Å². The van der Waals surface area contributed by atoms with E-state index in [0.29, 0.717) is 5.92 Å². The Morgan fingerprint density at radius 1 is 1.19 bits per heavy atom. The van der Waals surface area contributed by atoms with Crippen molar-refractivity contribution < 1.29 is 0 Å². The number of rotatable bonds is 3. The summed E-state index contributed by atoms with van der Waals surface area (Å²) in [4.78, 5) is 4.90. The molecular weight excluding hydrogens is 258 g/mol. The summed E-state index contributed by atoms with van der Waals surface area (Å²) in [5.41, 5.74) is 9.83. The lowest BCUT2D eigenvalue weighted by Crippen LogP contribution is -2.25. The van der Waals surface area contributed by atoms with Crippen molar-refractivity contribution in [2.24, 2.45) is 0 Å². The zero-order chi connectivity index (χ0) is 15.2. The van der Waals surface area contributed by atoms with E-state index in [1.807, 2.05) is 0 Å². The molecule has 0 unspecified atom stereocenters. The molecule has 0 amide bonds. The number of nitrogens with zero attached hydrogens (tertiary/aromatic N) is 2. The largest absolute Gasteiger partial charge is 0.383 e. The van der Waals surface area contributed by atoms with E-state index in [9.17, 15) is 0 Å². The monoisotopic (exact) mass is 283 g/mol. The zero-order valence-corrected chi connectivity index (χ0v) is 13.5. The van der Waals surface area contributed by atoms with Crippen LogP contribution >= 0.6 is 0 Å². The first-order chi connectivity index (χ1) is 9.91. The van der Waals surface area contributed by atoms with E-state index in [0.717, 1.165) is 29.3 Å². The van der Waals surface area contributed by atoms with Crippen LogP contribution in [-0.4, -0.2) is 9.55 Å². The molecule has 0 radical (unpaired) electrons. The summed E-state index contributed by atoms with van der Waals surface area (Å²) in [6, 6.07) is 8.62. The van der Waals surface area contributed by atoms with Crippen molar-refractivity contribution in [2.75, 3.05) is 5.73 Å². The lowest BCUT2D eigenvalue weighted by atomic mass is 10.1. The number of aromatic nitrogens is 2. The molecule has 1 saturated carbocycles. The standard InChI is InChI=1S/C18H25N3/c1-5-12-6-8-13(9-7-12)15-16(19)21(18(2,3)4)17(20-15)14-10-11-14/h6-9,14H,5,10-11,19H2,1-4H3. The molecule has 1 heterocycles. The highest BCUT2D eigenvalue weighted by molar-refractivity contribution is 5.71. The molecule has 1 aliphatic carbocycles. The number of nitrogen functional groups attached to an aromatic ring is 1. The molecule has 3 rings (SSSR count). The number of aryl methyl sites for hydroxylation is 1. The lowest BCUT2D eigenvalue weighted by molar-refractivity contribution is 0.388. The fourth-order valence-electron chi connectivity index (χ4n) is 2.88. The number of hydrogen-bond acceptors (Lipinski definition) is 2. The van der Waals surface area contributed by atoms with Crippen LogP contribution in [0.1, 0.15) is 57.8 Å². The summed E-state index contributed by atoms with van der Waals surface area (Å²) in [5, 5.41) is 0. The third-order valence-electron chi connectivity index (χ3n) is 4.19. The average Bonchev–Trinajstić information content (AvgIpc) is 3.21. The highest BCUT2D eigenvalue weighted by Gasteiger charge is 2.34. The Hall–Kier alpha value is -1.77. The van der Waals surface area contributed by atoms with Gasteiger partial charge in [0.25, 0.3) is 0 Å². The van der Waals surface area contributed by atoms with Crippen molar-refractivity contribution in [3.63, 3.8) is 0 Å². The van der Waals surface area contributed by atoms with Crippen molar-refractivity contribution in [3.05, 3.63) is 35.7 Å². The predicted octanol–water partition coefficient (Wildman–Crippen LogP) is 4.33. The van der Waals surface area contributed by atoms with Crippen LogP contribution in [0.15, 0.2) is 24.3 Å². The van der Waals surface area contributed by atoms with Gasteiger partial charge in [0.15, 0.2) is 0 Å². The maximum Gasteiger partial charge on any atom is 0.132 e. The smallest absolute Gasteiger partial charge is 0.132 e. The van der Waals surface area contributed by atoms with Crippen LogP contribution in [-0.2, 0) is 12.0 Å². The summed E-state index contributed by atoms with van der Waals surface area (Å²) >= 11 is 0. The molecule has 3 nitrogen and oxygen atoms in total. The Labute approximate surface area is 127 Å². The lowest BCUT2D eigenvalue weighted by Gasteiger charge is -2.25. The van der Waals surface area contributed by atoms with Gasteiger partial charge in [0.1, 0.15) is 17.3 Å². The Morgan fingerprint density at radius 2 is 1.81 bits per heavy atom. The van der Waals surface area contributed by atoms with Crippen LogP contribution < -0.4 is 5.73 Å². The third kappa shape index (κ3) is 2.57. The van der Waals surface area contributed by atoms with Gasteiger partial charge in [-0.2, -0.15) is 0 Å². The minimum atomic E-state index is -0.0311. The molecule has 0 saturated heterocycles. The van der Waals surface area contributed by atoms with Gasteiger partial charge in [-0.1, -0.05) is 31.2 Å². The summed E-state index contributed by atoms with van der Waals surface area (Å²) in [7, 11) is 0. The SMILES string of the molecule is CCc1ccc(-c2nc(C3CC3)n(C(C)(C)C)c2N)cc1. The van der Waals surface area contributed by atoms with Crippen LogP contribution in [0.2, 0.25) is 0 Å². The second-order valence-corrected chi connectivity index (χ2v) is 7.03. The Kier molecular flexibility index (Phi) is 3.31. The molecule has 3 heteroatoms. The van der Waals surface area contributed by atoms with Crippen LogP contribution in [0.4, 0.5) is 5.82 Å². The highest BCUT2D eigenvalue weighted by Crippen LogP contribution is 2.44. The first-order valence-electron chi connectivity index (χ1n) is 7.89. The molecule has 1 fully saturated rings. The maximum atomic E-state index is 6.46. The van der Waals surface area contributed by atoms with Gasteiger partial charge in [0.05, 0.1) is 0 Å². The highest BCUT2D eigenvalue weighted by atomic mass is 15.2. The van der Waals surface area contributed by atoms with E-state index in [4.69, 9.17) is 10.7 Å². The summed E-state index contributed by atoms with van der Waals surface area (Å²) in [6.45, 7) is 8.76. The summed E-state index contributed by atoms with van der Waals surface area (Å²) in [5.74, 6) is 2.55. The molecule has 2 N–H and O–H groups in total. The first-order valence-corrected chi connectivity index (χ1v) is 7.89. The predicted molar refractivity (Wildman–Crippen MR) is 88.4 cm³/mol. The molecule has 0 spiro atoms. The van der Waals surface area contributed by atoms with Gasteiger partial charge in [-0.05, 0) is 45.6 Å². The minimum absolute atomic E-state index is 0.0311. The van der Waals surface area contributed by atoms with Gasteiger partial charge >= 0.3 is 0 Å². The zero-order valence-electron chi connectivity index (χ0n) is 13.5. The second kappa shape index (κ2) is 4.90. The summed E-state index contributed by atoms with van der Waals surface area (Å²) < 4.78 is 2.23. The van der Waals surface area contributed by atoms with Gasteiger partial charge < -0.3 is 10.3 Å². The first kappa shape index (κ1) is 14.2. The van der Waals surface area contributed by atoms with E-state index in [1.54, 1.807) is 0 Å². The van der Waals surface area contributed by atoms with Crippen LogP contribution in [0.5, 0.6) is 0 Å². The molecule has 2 aromatic rings. The topological polar surface area (TPSA) is 43.8 Å². The van der Waals surface area contributed by atoms with E-state index in [1.165, 1.54) is 18.4 Å². The van der Waals surface area contributed by atoms with Crippen molar-refractivity contribution in [3.8, 4) is 11.3 Å². The fourth-order valence-corrected chi connectivity index (χ4v) is 2.88. The van der Waals surface area contributed by atoms with Crippen LogP contribution in [0.25, 0.3) is 11.3 Å². The maximum absolute atomic E-state index is 6.46. The third-order valence-corrected chi connectivity index (χ3v) is 4.19. The van der Waals surface area contributed by atoms with Gasteiger partial charge in [-0.3, -0.25) is 0 Å². The number of benzene rings is 1. The van der Waals surface area contributed by atoms with Gasteiger partial charge in [0, 0.05) is 17.0 Å². The minimum Gasteiger partial charge on any atom is -0.383 e. The summed E-state index contributed by atoms with van der Waals surface area (Å²) in [6.07, 6.45) is 3.53. The molecular formula is C18H25N3. The Balaban J connectivity index is 2.10. The van der Waals surface area contributed by atoms with E-state index < -0.39 is 0 Å². The fraction of sp³-hybridized carbons (Fsp3) is 0.500. The number of nitrogens with two attached hydrogens (primary N) is 1. The normalized spacial score (nSPS) is 15.4. The van der Waals surface area contributed by atoms with E-state index in [2.05, 4.69) is 56.5 Å². The Bertz CT molecular complexity index is 640. The number of anilines is 1. The van der Waals surface area contributed by atoms with Gasteiger partial charge in [-0.15, -0.1) is 0 Å². The van der Waals surface area contributed by atoms with E-state index >= 15 is 0 Å². The van der Waals surface area contributed by atoms with E-state index in [-0.39, 0.29) is 5.54 Å². The van der Waals surface area contributed by atoms with Crippen LogP contribution in [0, 0.1) is 0 Å². The molecule has 1 aromatic carbocycles. The second-order valence-electron chi connectivity index (χ2n) is 7.03. The molecule has 112 valence electrons. The van der Waals surface area contributed by atoms with Crippen molar-refractivity contribution in [1.82, 2.24) is 9.55 Å². The molecule has 0 atom stereocenters. The van der Waals surface area contributed by atoms with Gasteiger partial charge in [-0.25, -0.2) is 4.98 Å². The molecule has 1 aliphatic rings.